The van der Waals surface area contributed by atoms with Gasteiger partial charge in [0.05, 0.1) is 12.0 Å². The number of carbonyl (C=O) groups excluding carboxylic acids is 2. The van der Waals surface area contributed by atoms with Crippen LogP contribution in [0.3, 0.4) is 0 Å². The lowest BCUT2D eigenvalue weighted by Gasteiger charge is -2.11. The van der Waals surface area contributed by atoms with Crippen LogP contribution in [0, 0.1) is 0 Å². The molecule has 0 radical (unpaired) electrons. The number of nitrogens with one attached hydrogen (secondary N) is 2. The van der Waals surface area contributed by atoms with E-state index in [1.54, 1.807) is 24.4 Å². The summed E-state index contributed by atoms with van der Waals surface area (Å²) in [6.45, 7) is 0.933. The summed E-state index contributed by atoms with van der Waals surface area (Å²) in [7, 11) is 0. The Morgan fingerprint density at radius 3 is 2.39 bits per heavy atom. The first-order valence-corrected chi connectivity index (χ1v) is 8.99. The van der Waals surface area contributed by atoms with E-state index in [0.717, 1.165) is 16.7 Å². The van der Waals surface area contributed by atoms with Gasteiger partial charge in [-0.15, -0.1) is 0 Å². The molecule has 0 aliphatic heterocycles. The number of anilines is 1. The van der Waals surface area contributed by atoms with E-state index in [2.05, 4.69) is 15.6 Å². The molecule has 0 spiro atoms. The summed E-state index contributed by atoms with van der Waals surface area (Å²) in [6, 6.07) is 18.5. The van der Waals surface area contributed by atoms with E-state index in [0.29, 0.717) is 24.3 Å². The van der Waals surface area contributed by atoms with Crippen LogP contribution in [0.1, 0.15) is 27.0 Å². The van der Waals surface area contributed by atoms with Crippen LogP contribution in [0.4, 0.5) is 5.69 Å². The number of amides is 2. The molecule has 0 saturated carbocycles. The van der Waals surface area contributed by atoms with Crippen LogP contribution in [0.5, 0.6) is 0 Å². The van der Waals surface area contributed by atoms with Crippen molar-refractivity contribution in [3.63, 3.8) is 0 Å². The van der Waals surface area contributed by atoms with Gasteiger partial charge in [-0.25, -0.2) is 0 Å². The minimum absolute atomic E-state index is 0.119. The minimum atomic E-state index is -0.263. The number of carbonyl (C=O) groups is 2. The Labute approximate surface area is 163 Å². The molecule has 0 aliphatic carbocycles. The van der Waals surface area contributed by atoms with E-state index < -0.39 is 0 Å². The van der Waals surface area contributed by atoms with Gasteiger partial charge in [0.25, 0.3) is 5.91 Å². The third-order valence-electron chi connectivity index (χ3n) is 4.29. The molecule has 28 heavy (non-hydrogen) atoms. The summed E-state index contributed by atoms with van der Waals surface area (Å²) in [5.74, 6) is -0.382. The van der Waals surface area contributed by atoms with Gasteiger partial charge in [0, 0.05) is 31.2 Å². The van der Waals surface area contributed by atoms with E-state index in [9.17, 15) is 9.59 Å². The molecular formula is C22H22N4O2. The summed E-state index contributed by atoms with van der Waals surface area (Å²) >= 11 is 0. The van der Waals surface area contributed by atoms with Crippen molar-refractivity contribution >= 4 is 17.5 Å². The van der Waals surface area contributed by atoms with Crippen LogP contribution in [0.25, 0.3) is 0 Å². The molecule has 0 saturated heterocycles. The van der Waals surface area contributed by atoms with Gasteiger partial charge in [-0.3, -0.25) is 14.6 Å². The average Bonchev–Trinajstić information content (AvgIpc) is 2.74. The van der Waals surface area contributed by atoms with E-state index in [-0.39, 0.29) is 18.2 Å². The molecule has 6 nitrogen and oxygen atoms in total. The van der Waals surface area contributed by atoms with Crippen LogP contribution in [-0.4, -0.2) is 16.8 Å². The van der Waals surface area contributed by atoms with E-state index in [4.69, 9.17) is 5.73 Å². The second kappa shape index (κ2) is 9.43. The van der Waals surface area contributed by atoms with Crippen molar-refractivity contribution in [2.24, 2.45) is 5.73 Å². The second-order valence-electron chi connectivity index (χ2n) is 6.33. The number of nitrogens with two attached hydrogens (primary N) is 1. The number of hydrogen-bond donors (Lipinski definition) is 3. The van der Waals surface area contributed by atoms with Gasteiger partial charge in [0.15, 0.2) is 0 Å². The van der Waals surface area contributed by atoms with E-state index >= 15 is 0 Å². The highest BCUT2D eigenvalue weighted by atomic mass is 16.2. The van der Waals surface area contributed by atoms with Crippen molar-refractivity contribution < 1.29 is 9.59 Å². The van der Waals surface area contributed by atoms with Gasteiger partial charge >= 0.3 is 0 Å². The number of benzene rings is 2. The van der Waals surface area contributed by atoms with Crippen LogP contribution < -0.4 is 16.4 Å². The molecular weight excluding hydrogens is 352 g/mol. The average molecular weight is 374 g/mol. The zero-order valence-corrected chi connectivity index (χ0v) is 15.4. The molecule has 1 heterocycles. The second-order valence-corrected chi connectivity index (χ2v) is 6.33. The molecule has 0 bridgehead atoms. The minimum Gasteiger partial charge on any atom is -0.352 e. The lowest BCUT2D eigenvalue weighted by Crippen LogP contribution is -2.25. The van der Waals surface area contributed by atoms with Crippen LogP contribution in [-0.2, 0) is 24.3 Å². The van der Waals surface area contributed by atoms with Gasteiger partial charge < -0.3 is 16.4 Å². The Balaban J connectivity index is 1.60. The highest BCUT2D eigenvalue weighted by Gasteiger charge is 2.11. The quantitative estimate of drug-likeness (QED) is 0.592. The lowest BCUT2D eigenvalue weighted by atomic mass is 10.1. The predicted octanol–water partition coefficient (Wildman–Crippen LogP) is 2.65. The molecule has 0 unspecified atom stereocenters. The molecule has 2 aromatic carbocycles. The maximum Gasteiger partial charge on any atom is 0.257 e. The Hall–Kier alpha value is -3.51. The van der Waals surface area contributed by atoms with Gasteiger partial charge in [0.1, 0.15) is 0 Å². The van der Waals surface area contributed by atoms with Crippen LogP contribution >= 0.6 is 0 Å². The largest absolute Gasteiger partial charge is 0.352 e. The molecule has 2 amide bonds. The zero-order chi connectivity index (χ0) is 19.8. The predicted molar refractivity (Wildman–Crippen MR) is 109 cm³/mol. The van der Waals surface area contributed by atoms with Gasteiger partial charge in [-0.2, -0.15) is 0 Å². The first-order valence-electron chi connectivity index (χ1n) is 8.99. The molecule has 4 N–H and O–H groups in total. The molecule has 0 aliphatic rings. The molecule has 3 aromatic rings. The molecule has 3 rings (SSSR count). The molecule has 0 fully saturated rings. The van der Waals surface area contributed by atoms with Gasteiger partial charge in [-0.1, -0.05) is 42.5 Å². The number of pyridine rings is 1. The van der Waals surface area contributed by atoms with Crippen LogP contribution in [0.2, 0.25) is 0 Å². The van der Waals surface area contributed by atoms with Gasteiger partial charge in [0.2, 0.25) is 5.91 Å². The summed E-state index contributed by atoms with van der Waals surface area (Å²) in [4.78, 5) is 28.7. The third kappa shape index (κ3) is 5.25. The number of aromatic nitrogens is 1. The van der Waals surface area contributed by atoms with Crippen molar-refractivity contribution in [3.8, 4) is 0 Å². The zero-order valence-electron chi connectivity index (χ0n) is 15.4. The molecule has 142 valence electrons. The first kappa shape index (κ1) is 19.3. The Morgan fingerprint density at radius 1 is 0.929 bits per heavy atom. The fourth-order valence-electron chi connectivity index (χ4n) is 2.72. The fourth-order valence-corrected chi connectivity index (χ4v) is 2.72. The van der Waals surface area contributed by atoms with E-state index in [1.165, 1.54) is 6.20 Å². The Bertz CT molecular complexity index is 940. The molecule has 1 aromatic heterocycles. The number of nitrogens with zero attached hydrogens (tertiary/aromatic N) is 1. The first-order chi connectivity index (χ1) is 13.7. The summed E-state index contributed by atoms with van der Waals surface area (Å²) in [5, 5.41) is 5.75. The summed E-state index contributed by atoms with van der Waals surface area (Å²) < 4.78 is 0. The number of rotatable bonds is 7. The normalized spacial score (nSPS) is 10.3. The SMILES string of the molecule is NCc1ccc(CNC(=O)Cc2ccccc2NC(=O)c2cccnc2)cc1. The number of hydrogen-bond acceptors (Lipinski definition) is 4. The van der Waals surface area contributed by atoms with E-state index in [1.807, 2.05) is 42.5 Å². The van der Waals surface area contributed by atoms with Gasteiger partial charge in [-0.05, 0) is 34.9 Å². The standard InChI is InChI=1S/C22H22N4O2/c23-13-16-7-9-17(10-8-16)14-25-21(27)12-18-4-1-2-6-20(18)26-22(28)19-5-3-11-24-15-19/h1-11,15H,12-14,23H2,(H,25,27)(H,26,28). The molecule has 6 heteroatoms. The van der Waals surface area contributed by atoms with Crippen molar-refractivity contribution in [1.29, 1.82) is 0 Å². The number of para-hydroxylation sites is 1. The Morgan fingerprint density at radius 2 is 1.68 bits per heavy atom. The topological polar surface area (TPSA) is 97.1 Å². The highest BCUT2D eigenvalue weighted by Crippen LogP contribution is 2.17. The monoisotopic (exact) mass is 374 g/mol. The van der Waals surface area contributed by atoms with Crippen molar-refractivity contribution in [2.45, 2.75) is 19.5 Å². The Kier molecular flexibility index (Phi) is 6.49. The van der Waals surface area contributed by atoms with Crippen LogP contribution in [0.15, 0.2) is 73.1 Å². The fraction of sp³-hybridized carbons (Fsp3) is 0.136. The van der Waals surface area contributed by atoms with Crippen molar-refractivity contribution in [1.82, 2.24) is 10.3 Å². The smallest absolute Gasteiger partial charge is 0.257 e. The van der Waals surface area contributed by atoms with Crippen molar-refractivity contribution in [3.05, 3.63) is 95.3 Å². The summed E-state index contributed by atoms with van der Waals surface area (Å²) in [6.07, 6.45) is 3.28. The molecule has 0 atom stereocenters. The highest BCUT2D eigenvalue weighted by molar-refractivity contribution is 6.04. The summed E-state index contributed by atoms with van der Waals surface area (Å²) in [5.41, 5.74) is 9.46. The maximum atomic E-state index is 12.4. The lowest BCUT2D eigenvalue weighted by molar-refractivity contribution is -0.120. The maximum absolute atomic E-state index is 12.4. The van der Waals surface area contributed by atoms with Crippen molar-refractivity contribution in [2.75, 3.05) is 5.32 Å². The third-order valence-corrected chi connectivity index (χ3v) is 4.29.